The lowest BCUT2D eigenvalue weighted by atomic mass is 10.2. The van der Waals surface area contributed by atoms with Gasteiger partial charge in [-0.3, -0.25) is 4.79 Å². The topological polar surface area (TPSA) is 46.5 Å². The van der Waals surface area contributed by atoms with Crippen LogP contribution in [0.4, 0.5) is 0 Å². The molecule has 0 fully saturated rings. The zero-order chi connectivity index (χ0) is 10.7. The van der Waals surface area contributed by atoms with Gasteiger partial charge in [-0.25, -0.2) is 0 Å². The molecule has 0 aromatic rings. The van der Waals surface area contributed by atoms with E-state index in [1.54, 1.807) is 6.92 Å². The van der Waals surface area contributed by atoms with Crippen LogP contribution in [0.2, 0.25) is 0 Å². The number of hydrogen-bond acceptors (Lipinski definition) is 3. The standard InChI is InChI=1S/C8H16O3/c1-4-5-7(9)11-6-8(2,3)10/h10H,4-6H2,1-3H3/i6D2. The van der Waals surface area contributed by atoms with Gasteiger partial charge in [-0.1, -0.05) is 6.92 Å². The summed E-state index contributed by atoms with van der Waals surface area (Å²) in [4.78, 5) is 10.9. The lowest BCUT2D eigenvalue weighted by molar-refractivity contribution is -0.149. The van der Waals surface area contributed by atoms with E-state index >= 15 is 0 Å². The second-order valence-corrected chi connectivity index (χ2v) is 2.89. The minimum atomic E-state index is -2.33. The molecule has 0 bridgehead atoms. The van der Waals surface area contributed by atoms with E-state index in [9.17, 15) is 9.90 Å². The van der Waals surface area contributed by atoms with Gasteiger partial charge in [0, 0.05) is 6.42 Å². The van der Waals surface area contributed by atoms with Crippen LogP contribution in [0.3, 0.4) is 0 Å². The Kier molecular flexibility index (Phi) is 2.80. The molecule has 0 rings (SSSR count). The largest absolute Gasteiger partial charge is 0.463 e. The summed E-state index contributed by atoms with van der Waals surface area (Å²) in [7, 11) is 0. The predicted molar refractivity (Wildman–Crippen MR) is 42.2 cm³/mol. The minimum absolute atomic E-state index is 0.162. The summed E-state index contributed by atoms with van der Waals surface area (Å²) in [5.41, 5.74) is -1.68. The fraction of sp³-hybridized carbons (Fsp3) is 0.875. The Morgan fingerprint density at radius 3 is 2.64 bits per heavy atom. The molecule has 0 saturated heterocycles. The fourth-order valence-corrected chi connectivity index (χ4v) is 0.437. The van der Waals surface area contributed by atoms with E-state index in [4.69, 9.17) is 2.74 Å². The van der Waals surface area contributed by atoms with E-state index in [2.05, 4.69) is 4.74 Å². The first-order valence-corrected chi connectivity index (χ1v) is 3.65. The minimum Gasteiger partial charge on any atom is -0.463 e. The average Bonchev–Trinajstić information content (AvgIpc) is 1.83. The predicted octanol–water partition coefficient (Wildman–Crippen LogP) is 1.10. The molecule has 0 spiro atoms. The van der Waals surface area contributed by atoms with Crippen molar-refractivity contribution >= 4 is 5.97 Å². The first-order valence-electron chi connectivity index (χ1n) is 4.65. The molecule has 0 saturated carbocycles. The van der Waals surface area contributed by atoms with Crippen molar-refractivity contribution < 1.29 is 17.4 Å². The van der Waals surface area contributed by atoms with Crippen LogP contribution in [0.5, 0.6) is 0 Å². The van der Waals surface area contributed by atoms with E-state index in [0.29, 0.717) is 6.42 Å². The maximum absolute atomic E-state index is 10.9. The lowest BCUT2D eigenvalue weighted by Gasteiger charge is -2.16. The van der Waals surface area contributed by atoms with Crippen molar-refractivity contribution in [2.45, 2.75) is 39.2 Å². The van der Waals surface area contributed by atoms with Crippen molar-refractivity contribution in [3.8, 4) is 0 Å². The van der Waals surface area contributed by atoms with Crippen molar-refractivity contribution in [1.29, 1.82) is 0 Å². The molecule has 0 unspecified atom stereocenters. The summed E-state index contributed by atoms with van der Waals surface area (Å²) >= 11 is 0. The second kappa shape index (κ2) is 4.34. The van der Waals surface area contributed by atoms with Gasteiger partial charge in [0.2, 0.25) is 0 Å². The van der Waals surface area contributed by atoms with Crippen molar-refractivity contribution in [2.24, 2.45) is 0 Å². The number of rotatable bonds is 4. The van der Waals surface area contributed by atoms with Gasteiger partial charge in [-0.05, 0) is 20.3 Å². The molecule has 0 aromatic heterocycles. The highest BCUT2D eigenvalue weighted by Gasteiger charge is 2.14. The smallest absolute Gasteiger partial charge is 0.305 e. The van der Waals surface area contributed by atoms with Crippen molar-refractivity contribution in [3.63, 3.8) is 0 Å². The SMILES string of the molecule is [2H]C([2H])(OC(=O)CCC)C(C)(C)O. The van der Waals surface area contributed by atoms with Crippen LogP contribution >= 0.6 is 0 Å². The molecule has 11 heavy (non-hydrogen) atoms. The van der Waals surface area contributed by atoms with Gasteiger partial charge in [0.25, 0.3) is 0 Å². The highest BCUT2D eigenvalue weighted by molar-refractivity contribution is 5.69. The Labute approximate surface area is 70.2 Å². The molecule has 0 radical (unpaired) electrons. The first-order chi connectivity index (χ1) is 5.70. The number of esters is 1. The highest BCUT2D eigenvalue weighted by atomic mass is 16.5. The summed E-state index contributed by atoms with van der Waals surface area (Å²) in [5, 5.41) is 9.31. The van der Waals surface area contributed by atoms with Gasteiger partial charge in [0.1, 0.15) is 6.56 Å². The molecule has 66 valence electrons. The molecule has 0 aromatic carbocycles. The molecule has 3 heteroatoms. The first kappa shape index (κ1) is 7.10. The third-order valence-corrected chi connectivity index (χ3v) is 0.869. The molecule has 0 atom stereocenters. The molecule has 0 aliphatic carbocycles. The van der Waals surface area contributed by atoms with Crippen LogP contribution in [-0.4, -0.2) is 23.2 Å². The van der Waals surface area contributed by atoms with Gasteiger partial charge < -0.3 is 9.84 Å². The van der Waals surface area contributed by atoms with Gasteiger partial charge in [-0.15, -0.1) is 0 Å². The number of carbonyl (C=O) groups is 1. The molecule has 3 nitrogen and oxygen atoms in total. The molecule has 0 amide bonds. The highest BCUT2D eigenvalue weighted by Crippen LogP contribution is 2.02. The van der Waals surface area contributed by atoms with Crippen LogP contribution in [0.15, 0.2) is 0 Å². The van der Waals surface area contributed by atoms with Crippen molar-refractivity contribution in [1.82, 2.24) is 0 Å². The molecular weight excluding hydrogens is 144 g/mol. The maximum atomic E-state index is 10.9. The molecule has 1 N–H and O–H groups in total. The molecule has 0 aliphatic heterocycles. The van der Waals surface area contributed by atoms with Crippen molar-refractivity contribution in [2.75, 3.05) is 6.56 Å². The third kappa shape index (κ3) is 7.33. The zero-order valence-corrected chi connectivity index (χ0v) is 7.18. The summed E-state index contributed by atoms with van der Waals surface area (Å²) in [5.74, 6) is -0.630. The fourth-order valence-electron chi connectivity index (χ4n) is 0.437. The Bertz CT molecular complexity index is 184. The third-order valence-electron chi connectivity index (χ3n) is 0.869. The monoisotopic (exact) mass is 162 g/mol. The molecular formula is C8H16O3. The number of ether oxygens (including phenoxy) is 1. The van der Waals surface area contributed by atoms with E-state index in [1.807, 2.05) is 0 Å². The van der Waals surface area contributed by atoms with Gasteiger partial charge in [0.15, 0.2) is 0 Å². The quantitative estimate of drug-likeness (QED) is 0.630. The van der Waals surface area contributed by atoms with Gasteiger partial charge in [-0.2, -0.15) is 0 Å². The summed E-state index contributed by atoms with van der Waals surface area (Å²) < 4.78 is 19.0. The van der Waals surface area contributed by atoms with Crippen LogP contribution in [0, 0.1) is 0 Å². The van der Waals surface area contributed by atoms with Crippen molar-refractivity contribution in [3.05, 3.63) is 0 Å². The van der Waals surface area contributed by atoms with E-state index in [0.717, 1.165) is 0 Å². The van der Waals surface area contributed by atoms with Gasteiger partial charge in [0.05, 0.1) is 8.34 Å². The zero-order valence-electron chi connectivity index (χ0n) is 9.18. The average molecular weight is 162 g/mol. The Balaban J connectivity index is 4.26. The van der Waals surface area contributed by atoms with E-state index in [-0.39, 0.29) is 6.42 Å². The van der Waals surface area contributed by atoms with Crippen LogP contribution < -0.4 is 0 Å². The van der Waals surface area contributed by atoms with Crippen LogP contribution in [-0.2, 0) is 9.53 Å². The Morgan fingerprint density at radius 1 is 1.73 bits per heavy atom. The van der Waals surface area contributed by atoms with Crippen LogP contribution in [0.1, 0.15) is 36.4 Å². The van der Waals surface area contributed by atoms with Crippen LogP contribution in [0.25, 0.3) is 0 Å². The Morgan fingerprint density at radius 2 is 2.27 bits per heavy atom. The molecule has 0 heterocycles. The summed E-state index contributed by atoms with van der Waals surface area (Å²) in [6.45, 7) is 1.97. The number of carbonyl (C=O) groups excluding carboxylic acids is 1. The Hall–Kier alpha value is -0.570. The normalized spacial score (nSPS) is 15.3. The maximum Gasteiger partial charge on any atom is 0.305 e. The second-order valence-electron chi connectivity index (χ2n) is 2.89. The summed E-state index contributed by atoms with van der Waals surface area (Å²) in [6.07, 6.45) is 0.760. The number of hydrogen-bond donors (Lipinski definition) is 1. The molecule has 0 aliphatic rings. The number of aliphatic hydroxyl groups is 1. The summed E-state index contributed by atoms with van der Waals surface area (Å²) in [6, 6.07) is 0. The lowest BCUT2D eigenvalue weighted by Crippen LogP contribution is -2.27. The van der Waals surface area contributed by atoms with Gasteiger partial charge >= 0.3 is 5.97 Å². The van der Waals surface area contributed by atoms with E-state index in [1.165, 1.54) is 13.8 Å². The van der Waals surface area contributed by atoms with E-state index < -0.39 is 18.1 Å².